The van der Waals surface area contributed by atoms with Crippen molar-refractivity contribution < 1.29 is 13.2 Å². The van der Waals surface area contributed by atoms with Gasteiger partial charge in [-0.3, -0.25) is 9.98 Å². The summed E-state index contributed by atoms with van der Waals surface area (Å²) in [7, 11) is 2.08. The highest BCUT2D eigenvalue weighted by atomic mass is 35.5. The summed E-state index contributed by atoms with van der Waals surface area (Å²) in [5.41, 5.74) is 1.29. The number of hydrogen-bond acceptors (Lipinski definition) is 3. The number of aliphatic imine (C=N–C) groups is 1. The maximum absolute atomic E-state index is 13.0. The van der Waals surface area contributed by atoms with Crippen LogP contribution >= 0.6 is 23.2 Å². The minimum Gasteiger partial charge on any atom is -0.343 e. The number of pyridine rings is 1. The first kappa shape index (κ1) is 21.4. The van der Waals surface area contributed by atoms with Crippen LogP contribution in [-0.4, -0.2) is 35.9 Å². The minimum absolute atomic E-state index is 0.141. The minimum atomic E-state index is -4.48. The second-order valence-corrected chi connectivity index (χ2v) is 8.84. The molecule has 1 aromatic heterocycles. The summed E-state index contributed by atoms with van der Waals surface area (Å²) in [5, 5.41) is 4.37. The van der Waals surface area contributed by atoms with Crippen LogP contribution in [0.2, 0.25) is 10.0 Å². The molecule has 0 saturated carbocycles. The van der Waals surface area contributed by atoms with Gasteiger partial charge in [0.25, 0.3) is 0 Å². The fourth-order valence-corrected chi connectivity index (χ4v) is 4.47. The van der Waals surface area contributed by atoms with E-state index in [-0.39, 0.29) is 12.0 Å². The molecule has 0 bridgehead atoms. The van der Waals surface area contributed by atoms with Gasteiger partial charge in [-0.1, -0.05) is 23.2 Å². The quantitative estimate of drug-likeness (QED) is 0.631. The van der Waals surface area contributed by atoms with Gasteiger partial charge >= 0.3 is 6.18 Å². The number of likely N-dealkylation sites (tertiary alicyclic amines) is 1. The van der Waals surface area contributed by atoms with Crippen LogP contribution in [-0.2, 0) is 19.1 Å². The summed E-state index contributed by atoms with van der Waals surface area (Å²) in [6, 6.07) is 6.29. The van der Waals surface area contributed by atoms with E-state index in [1.54, 1.807) is 12.1 Å². The van der Waals surface area contributed by atoms with Gasteiger partial charge in [-0.25, -0.2) is 0 Å². The maximum atomic E-state index is 13.0. The molecule has 0 aliphatic carbocycles. The molecule has 3 heterocycles. The Bertz CT molecular complexity index is 983. The van der Waals surface area contributed by atoms with Crippen molar-refractivity contribution in [2.45, 2.75) is 32.0 Å². The van der Waals surface area contributed by atoms with E-state index in [1.165, 1.54) is 6.20 Å². The number of alkyl halides is 3. The molecule has 2 aromatic rings. The van der Waals surface area contributed by atoms with Crippen molar-refractivity contribution >= 4 is 34.7 Å². The van der Waals surface area contributed by atoms with Crippen LogP contribution < -0.4 is 5.32 Å². The molecule has 1 aromatic carbocycles. The fraction of sp³-hybridized carbons (Fsp3) is 0.429. The molecule has 1 spiro atoms. The van der Waals surface area contributed by atoms with Crippen LogP contribution in [0.15, 0.2) is 35.5 Å². The van der Waals surface area contributed by atoms with E-state index in [2.05, 4.69) is 22.2 Å². The third kappa shape index (κ3) is 4.29. The Labute approximate surface area is 183 Å². The van der Waals surface area contributed by atoms with Gasteiger partial charge in [0.05, 0.1) is 16.6 Å². The largest absolute Gasteiger partial charge is 0.433 e. The molecule has 30 heavy (non-hydrogen) atoms. The lowest BCUT2D eigenvalue weighted by Gasteiger charge is -2.45. The van der Waals surface area contributed by atoms with Crippen molar-refractivity contribution in [1.29, 1.82) is 0 Å². The molecule has 9 heteroatoms. The topological polar surface area (TPSA) is 40.5 Å². The van der Waals surface area contributed by atoms with Gasteiger partial charge in [-0.05, 0) is 74.8 Å². The number of amidine groups is 1. The van der Waals surface area contributed by atoms with Gasteiger partial charge < -0.3 is 10.2 Å². The van der Waals surface area contributed by atoms with Gasteiger partial charge in [0, 0.05) is 17.3 Å². The number of fused-ring (bicyclic) bond motifs is 1. The van der Waals surface area contributed by atoms with E-state index in [0.29, 0.717) is 15.6 Å². The Morgan fingerprint density at radius 3 is 2.57 bits per heavy atom. The summed E-state index contributed by atoms with van der Waals surface area (Å²) in [6.07, 6.45) is -0.729. The highest BCUT2D eigenvalue weighted by molar-refractivity contribution is 6.42. The zero-order valence-corrected chi connectivity index (χ0v) is 17.9. The molecule has 0 radical (unpaired) electrons. The zero-order valence-electron chi connectivity index (χ0n) is 16.4. The number of anilines is 1. The lowest BCUT2D eigenvalue weighted by Crippen LogP contribution is -2.49. The fourth-order valence-electron chi connectivity index (χ4n) is 4.12. The SMILES string of the molecule is CN1CCC2(CC1)Cc1cc(Cl)c(Cl)cc1NC2=NCc1ccnc(C(F)(F)F)c1. The zero-order chi connectivity index (χ0) is 21.5. The third-order valence-electron chi connectivity index (χ3n) is 5.91. The number of rotatable bonds is 2. The summed E-state index contributed by atoms with van der Waals surface area (Å²) < 4.78 is 38.9. The number of nitrogens with one attached hydrogen (secondary N) is 1. The molecule has 1 fully saturated rings. The van der Waals surface area contributed by atoms with Crippen molar-refractivity contribution in [3.8, 4) is 0 Å². The van der Waals surface area contributed by atoms with Crippen LogP contribution in [0.5, 0.6) is 0 Å². The highest BCUT2D eigenvalue weighted by Gasteiger charge is 2.42. The third-order valence-corrected chi connectivity index (χ3v) is 6.63. The van der Waals surface area contributed by atoms with Crippen LogP contribution in [0.25, 0.3) is 0 Å². The normalized spacial score (nSPS) is 20.3. The van der Waals surface area contributed by atoms with Gasteiger partial charge in [0.2, 0.25) is 0 Å². The lowest BCUT2D eigenvalue weighted by molar-refractivity contribution is -0.141. The predicted molar refractivity (Wildman–Crippen MR) is 113 cm³/mol. The lowest BCUT2D eigenvalue weighted by atomic mass is 9.70. The Morgan fingerprint density at radius 1 is 1.17 bits per heavy atom. The van der Waals surface area contributed by atoms with E-state index in [0.717, 1.165) is 55.5 Å². The predicted octanol–water partition coefficient (Wildman–Crippen LogP) is 5.69. The van der Waals surface area contributed by atoms with Crippen molar-refractivity contribution in [2.75, 3.05) is 25.5 Å². The number of nitrogens with zero attached hydrogens (tertiary/aromatic N) is 3. The van der Waals surface area contributed by atoms with Crippen LogP contribution in [0.3, 0.4) is 0 Å². The van der Waals surface area contributed by atoms with Crippen molar-refractivity contribution in [1.82, 2.24) is 9.88 Å². The van der Waals surface area contributed by atoms with Gasteiger partial charge in [0.1, 0.15) is 11.5 Å². The smallest absolute Gasteiger partial charge is 0.343 e. The average Bonchev–Trinajstić information content (AvgIpc) is 2.70. The highest BCUT2D eigenvalue weighted by Crippen LogP contribution is 2.44. The molecule has 0 unspecified atom stereocenters. The maximum Gasteiger partial charge on any atom is 0.433 e. The molecular formula is C21H21Cl2F3N4. The van der Waals surface area contributed by atoms with Crippen molar-refractivity contribution in [3.63, 3.8) is 0 Å². The summed E-state index contributed by atoms with van der Waals surface area (Å²) in [4.78, 5) is 10.4. The number of benzene rings is 1. The summed E-state index contributed by atoms with van der Waals surface area (Å²) in [5.74, 6) is 0.798. The molecule has 2 aliphatic heterocycles. The second-order valence-electron chi connectivity index (χ2n) is 8.02. The van der Waals surface area contributed by atoms with Crippen molar-refractivity contribution in [3.05, 3.63) is 57.3 Å². The molecular weight excluding hydrogens is 436 g/mol. The number of halogens is 5. The Kier molecular flexibility index (Phi) is 5.72. The van der Waals surface area contributed by atoms with E-state index in [4.69, 9.17) is 28.2 Å². The first-order chi connectivity index (χ1) is 14.2. The molecule has 0 atom stereocenters. The summed E-state index contributed by atoms with van der Waals surface area (Å²) >= 11 is 12.4. The first-order valence-electron chi connectivity index (χ1n) is 9.67. The first-order valence-corrected chi connectivity index (χ1v) is 10.4. The van der Waals surface area contributed by atoms with Gasteiger partial charge in [-0.2, -0.15) is 13.2 Å². The molecule has 160 valence electrons. The average molecular weight is 457 g/mol. The molecule has 0 amide bonds. The van der Waals surface area contributed by atoms with Gasteiger partial charge in [0.15, 0.2) is 0 Å². The number of piperidine rings is 1. The number of aromatic nitrogens is 1. The Hall–Kier alpha value is -1.83. The standard InChI is InChI=1S/C21H21Cl2F3N4/c1-30-6-3-20(4-7-30)11-14-9-15(22)16(23)10-17(14)29-19(20)28-12-13-2-5-27-18(8-13)21(24,25)26/h2,5,8-10H,3-4,6-7,11-12H2,1H3,(H,28,29). The number of hydrogen-bond donors (Lipinski definition) is 1. The molecule has 4 rings (SSSR count). The van der Waals surface area contributed by atoms with E-state index in [1.807, 2.05) is 6.07 Å². The van der Waals surface area contributed by atoms with E-state index < -0.39 is 11.9 Å². The Balaban J connectivity index is 1.67. The van der Waals surface area contributed by atoms with Gasteiger partial charge in [-0.15, -0.1) is 0 Å². The van der Waals surface area contributed by atoms with E-state index in [9.17, 15) is 13.2 Å². The molecule has 1 N–H and O–H groups in total. The van der Waals surface area contributed by atoms with Crippen LogP contribution in [0, 0.1) is 5.41 Å². The van der Waals surface area contributed by atoms with Crippen LogP contribution in [0.1, 0.15) is 29.7 Å². The molecule has 4 nitrogen and oxygen atoms in total. The Morgan fingerprint density at radius 2 is 1.87 bits per heavy atom. The monoisotopic (exact) mass is 456 g/mol. The van der Waals surface area contributed by atoms with Crippen LogP contribution in [0.4, 0.5) is 18.9 Å². The van der Waals surface area contributed by atoms with Crippen molar-refractivity contribution in [2.24, 2.45) is 10.4 Å². The second kappa shape index (κ2) is 8.02. The van der Waals surface area contributed by atoms with E-state index >= 15 is 0 Å². The molecule has 1 saturated heterocycles. The summed E-state index contributed by atoms with van der Waals surface area (Å²) in [6.45, 7) is 1.98. The molecule has 2 aliphatic rings.